The highest BCUT2D eigenvalue weighted by Crippen LogP contribution is 2.24. The molecule has 31 heavy (non-hydrogen) atoms. The molecule has 0 saturated carbocycles. The van der Waals surface area contributed by atoms with E-state index in [1.807, 2.05) is 13.0 Å². The van der Waals surface area contributed by atoms with Gasteiger partial charge in [0.1, 0.15) is 5.82 Å². The highest BCUT2D eigenvalue weighted by Gasteiger charge is 2.09. The molecular weight excluding hydrogens is 420 g/mol. The Balaban J connectivity index is 1.55. The van der Waals surface area contributed by atoms with Gasteiger partial charge in [0.2, 0.25) is 16.0 Å². The van der Waals surface area contributed by atoms with Crippen LogP contribution in [-0.2, 0) is 17.1 Å². The molecule has 2 aromatic carbocycles. The molecule has 0 atom stereocenters. The molecule has 3 N–H and O–H groups in total. The Labute approximate surface area is 178 Å². The summed E-state index contributed by atoms with van der Waals surface area (Å²) in [6, 6.07) is 12.0. The molecule has 0 aliphatic carbocycles. The fourth-order valence-electron chi connectivity index (χ4n) is 2.93. The lowest BCUT2D eigenvalue weighted by atomic mass is 10.2. The Bertz CT molecular complexity index is 1420. The highest BCUT2D eigenvalue weighted by molar-refractivity contribution is 7.92. The van der Waals surface area contributed by atoms with Crippen LogP contribution in [0, 0.1) is 6.92 Å². The number of aromatic nitrogens is 3. The number of oxazole rings is 1. The fourth-order valence-corrected chi connectivity index (χ4v) is 3.50. The topological polar surface area (TPSA) is 131 Å². The normalized spacial score (nSPS) is 11.5. The standard InChI is InChI=1S/C20H20N6O4S/c1-12-11-21-19(23-13-4-6-14(7-5-13)25-31(3,28)29)24-18(12)22-15-8-9-17-16(10-15)26(2)20(27)30-17/h4-11,25H,1-3H3,(H2,21,22,23,24). The molecule has 0 aliphatic heterocycles. The minimum Gasteiger partial charge on any atom is -0.408 e. The van der Waals surface area contributed by atoms with Crippen LogP contribution < -0.4 is 21.1 Å². The lowest BCUT2D eigenvalue weighted by Crippen LogP contribution is -2.09. The van der Waals surface area contributed by atoms with E-state index in [9.17, 15) is 13.2 Å². The lowest BCUT2D eigenvalue weighted by Gasteiger charge is -2.11. The Hall–Kier alpha value is -3.86. The van der Waals surface area contributed by atoms with E-state index in [-0.39, 0.29) is 0 Å². The molecule has 4 rings (SSSR count). The van der Waals surface area contributed by atoms with Gasteiger partial charge in [0.15, 0.2) is 5.58 Å². The van der Waals surface area contributed by atoms with E-state index in [2.05, 4.69) is 25.3 Å². The molecule has 0 saturated heterocycles. The molecule has 4 aromatic rings. The van der Waals surface area contributed by atoms with Gasteiger partial charge in [-0.25, -0.2) is 18.2 Å². The molecule has 0 radical (unpaired) electrons. The van der Waals surface area contributed by atoms with Crippen molar-refractivity contribution in [3.05, 3.63) is 64.8 Å². The Morgan fingerprint density at radius 1 is 1.00 bits per heavy atom. The van der Waals surface area contributed by atoms with Crippen molar-refractivity contribution in [2.24, 2.45) is 7.05 Å². The van der Waals surface area contributed by atoms with Crippen molar-refractivity contribution >= 4 is 50.0 Å². The van der Waals surface area contributed by atoms with Crippen molar-refractivity contribution in [3.8, 4) is 0 Å². The molecule has 0 aliphatic rings. The van der Waals surface area contributed by atoms with Gasteiger partial charge < -0.3 is 15.1 Å². The zero-order chi connectivity index (χ0) is 22.2. The van der Waals surface area contributed by atoms with E-state index in [1.165, 1.54) is 4.57 Å². The van der Waals surface area contributed by atoms with E-state index in [0.717, 1.165) is 17.5 Å². The number of nitrogens with zero attached hydrogens (tertiary/aromatic N) is 3. The number of hydrogen-bond donors (Lipinski definition) is 3. The first-order chi connectivity index (χ1) is 14.7. The van der Waals surface area contributed by atoms with Gasteiger partial charge in [0, 0.05) is 35.9 Å². The highest BCUT2D eigenvalue weighted by atomic mass is 32.2. The summed E-state index contributed by atoms with van der Waals surface area (Å²) in [5.74, 6) is 0.545. The second kappa shape index (κ2) is 7.76. The van der Waals surface area contributed by atoms with E-state index in [1.54, 1.807) is 49.6 Å². The van der Waals surface area contributed by atoms with Crippen LogP contribution in [0.1, 0.15) is 5.56 Å². The average Bonchev–Trinajstić information content (AvgIpc) is 2.99. The molecule has 2 aromatic heterocycles. The predicted octanol–water partition coefficient (Wildman–Crippen LogP) is 3.09. The molecule has 11 heteroatoms. The van der Waals surface area contributed by atoms with Crippen molar-refractivity contribution < 1.29 is 12.8 Å². The van der Waals surface area contributed by atoms with Crippen molar-refractivity contribution in [2.75, 3.05) is 21.6 Å². The fraction of sp³-hybridized carbons (Fsp3) is 0.150. The van der Waals surface area contributed by atoms with Crippen LogP contribution in [0.3, 0.4) is 0 Å². The summed E-state index contributed by atoms with van der Waals surface area (Å²) in [7, 11) is -1.69. The van der Waals surface area contributed by atoms with Gasteiger partial charge in [-0.1, -0.05) is 0 Å². The summed E-state index contributed by atoms with van der Waals surface area (Å²) in [6.45, 7) is 1.88. The van der Waals surface area contributed by atoms with Gasteiger partial charge in [-0.05, 0) is 49.4 Å². The van der Waals surface area contributed by atoms with Gasteiger partial charge in [-0.2, -0.15) is 4.98 Å². The summed E-state index contributed by atoms with van der Waals surface area (Å²) in [4.78, 5) is 20.5. The lowest BCUT2D eigenvalue weighted by molar-refractivity contribution is 0.528. The van der Waals surface area contributed by atoms with Crippen LogP contribution in [0.5, 0.6) is 0 Å². The molecular formula is C20H20N6O4S. The first kappa shape index (κ1) is 20.4. The minimum absolute atomic E-state index is 0.369. The van der Waals surface area contributed by atoms with Crippen LogP contribution >= 0.6 is 0 Å². The van der Waals surface area contributed by atoms with Crippen LogP contribution in [0.15, 0.2) is 57.9 Å². The zero-order valence-electron chi connectivity index (χ0n) is 17.0. The van der Waals surface area contributed by atoms with Gasteiger partial charge in [-0.3, -0.25) is 9.29 Å². The summed E-state index contributed by atoms with van der Waals surface area (Å²) in [5.41, 5.74) is 3.91. The van der Waals surface area contributed by atoms with Crippen LogP contribution in [0.25, 0.3) is 11.1 Å². The third-order valence-electron chi connectivity index (χ3n) is 4.47. The van der Waals surface area contributed by atoms with Crippen LogP contribution in [0.2, 0.25) is 0 Å². The summed E-state index contributed by atoms with van der Waals surface area (Å²) < 4.78 is 31.6. The molecule has 0 bridgehead atoms. The van der Waals surface area contributed by atoms with E-state index in [4.69, 9.17) is 4.42 Å². The molecule has 2 heterocycles. The van der Waals surface area contributed by atoms with Gasteiger partial charge in [0.25, 0.3) is 0 Å². The Kier molecular flexibility index (Phi) is 5.11. The number of sulfonamides is 1. The third-order valence-corrected chi connectivity index (χ3v) is 5.08. The van der Waals surface area contributed by atoms with Crippen molar-refractivity contribution in [2.45, 2.75) is 6.92 Å². The van der Waals surface area contributed by atoms with Crippen molar-refractivity contribution in [1.82, 2.24) is 14.5 Å². The molecule has 0 spiro atoms. The molecule has 0 fully saturated rings. The Morgan fingerprint density at radius 2 is 1.68 bits per heavy atom. The maximum atomic E-state index is 11.7. The quantitative estimate of drug-likeness (QED) is 0.417. The number of fused-ring (bicyclic) bond motifs is 1. The number of hydrogen-bond acceptors (Lipinski definition) is 8. The number of anilines is 5. The predicted molar refractivity (Wildman–Crippen MR) is 120 cm³/mol. The van der Waals surface area contributed by atoms with Gasteiger partial charge in [-0.15, -0.1) is 0 Å². The largest absolute Gasteiger partial charge is 0.419 e. The van der Waals surface area contributed by atoms with Crippen molar-refractivity contribution in [3.63, 3.8) is 0 Å². The van der Waals surface area contributed by atoms with Gasteiger partial charge in [0.05, 0.1) is 11.8 Å². The molecule has 160 valence electrons. The SMILES string of the molecule is Cc1cnc(Nc2ccc(NS(C)(=O)=O)cc2)nc1Nc1ccc2oc(=O)n(C)c2c1. The monoisotopic (exact) mass is 440 g/mol. The first-order valence-electron chi connectivity index (χ1n) is 9.23. The smallest absolute Gasteiger partial charge is 0.408 e. The molecule has 0 amide bonds. The minimum atomic E-state index is -3.33. The van der Waals surface area contributed by atoms with Crippen LogP contribution in [0.4, 0.5) is 28.8 Å². The Morgan fingerprint density at radius 3 is 2.39 bits per heavy atom. The van der Waals surface area contributed by atoms with E-state index >= 15 is 0 Å². The summed E-state index contributed by atoms with van der Waals surface area (Å²) in [6.07, 6.45) is 2.78. The van der Waals surface area contributed by atoms with Crippen LogP contribution in [-0.4, -0.2) is 29.2 Å². The number of benzene rings is 2. The van der Waals surface area contributed by atoms with Gasteiger partial charge >= 0.3 is 5.76 Å². The third kappa shape index (κ3) is 4.67. The van der Waals surface area contributed by atoms with Crippen molar-refractivity contribution in [1.29, 1.82) is 0 Å². The number of nitrogens with one attached hydrogen (secondary N) is 3. The zero-order valence-corrected chi connectivity index (χ0v) is 17.8. The summed E-state index contributed by atoms with van der Waals surface area (Å²) >= 11 is 0. The second-order valence-electron chi connectivity index (χ2n) is 7.04. The second-order valence-corrected chi connectivity index (χ2v) is 8.78. The summed E-state index contributed by atoms with van der Waals surface area (Å²) in [5, 5.41) is 6.33. The molecule has 0 unspecified atom stereocenters. The van der Waals surface area contributed by atoms with E-state index < -0.39 is 15.8 Å². The van der Waals surface area contributed by atoms with E-state index in [0.29, 0.717) is 34.2 Å². The average molecular weight is 440 g/mol. The maximum absolute atomic E-state index is 11.7. The first-order valence-corrected chi connectivity index (χ1v) is 11.1. The number of rotatable bonds is 6. The molecule has 10 nitrogen and oxygen atoms in total. The number of aryl methyl sites for hydroxylation is 2. The maximum Gasteiger partial charge on any atom is 0.419 e.